The van der Waals surface area contributed by atoms with Crippen LogP contribution in [-0.4, -0.2) is 35.4 Å². The molecule has 2 aromatic rings. The summed E-state index contributed by atoms with van der Waals surface area (Å²) >= 11 is 1.02. The number of hydroxylamine groups is 1. The second kappa shape index (κ2) is 11.4. The van der Waals surface area contributed by atoms with Crippen molar-refractivity contribution in [1.82, 2.24) is 5.48 Å². The van der Waals surface area contributed by atoms with Crippen LogP contribution in [0.1, 0.15) is 40.2 Å². The monoisotopic (exact) mass is 409 g/mol. The molecule has 0 saturated heterocycles. The number of thiophene rings is 1. The molecule has 7 nitrogen and oxygen atoms in total. The molecule has 1 atom stereocenters. The van der Waals surface area contributed by atoms with Crippen molar-refractivity contribution in [2.45, 2.75) is 33.8 Å². The average molecular weight is 409 g/mol. The quantitative estimate of drug-likeness (QED) is 0.522. The molecule has 2 rings (SSSR count). The van der Waals surface area contributed by atoms with Gasteiger partial charge in [-0.3, -0.25) is 9.63 Å². The lowest BCUT2D eigenvalue weighted by Crippen LogP contribution is -2.30. The fourth-order valence-electron chi connectivity index (χ4n) is 2.13. The second-order valence-electron chi connectivity index (χ2n) is 5.56. The number of aliphatic hydroxyl groups is 2. The number of rotatable bonds is 7. The normalized spacial score (nSPS) is 11.1. The molecule has 0 aliphatic carbocycles. The van der Waals surface area contributed by atoms with Crippen molar-refractivity contribution in [3.8, 4) is 6.07 Å². The van der Waals surface area contributed by atoms with Gasteiger partial charge in [-0.25, -0.2) is 9.87 Å². The van der Waals surface area contributed by atoms with E-state index in [2.05, 4.69) is 10.8 Å². The van der Waals surface area contributed by atoms with Crippen LogP contribution in [0.3, 0.4) is 0 Å². The molecule has 28 heavy (non-hydrogen) atoms. The smallest absolute Gasteiger partial charge is 0.278 e. The van der Waals surface area contributed by atoms with Crippen molar-refractivity contribution < 1.29 is 24.2 Å². The Hall–Kier alpha value is -2.51. The number of carbonyl (C=O) groups excluding carboxylic acids is 1. The lowest BCUT2D eigenvalue weighted by Gasteiger charge is -2.11. The molecule has 1 heterocycles. The number of nitrogens with zero attached hydrogens (tertiary/aromatic N) is 1. The summed E-state index contributed by atoms with van der Waals surface area (Å²) in [5, 5.41) is 30.3. The fourth-order valence-corrected chi connectivity index (χ4v) is 3.15. The summed E-state index contributed by atoms with van der Waals surface area (Å²) < 4.78 is 14.1. The molecule has 152 valence electrons. The number of hydrogen-bond acceptors (Lipinski definition) is 7. The predicted molar refractivity (Wildman–Crippen MR) is 106 cm³/mol. The molecule has 1 unspecified atom stereocenters. The summed E-state index contributed by atoms with van der Waals surface area (Å²) in [5.41, 5.74) is 3.64. The van der Waals surface area contributed by atoms with Crippen LogP contribution in [0.25, 0.3) is 0 Å². The maximum atomic E-state index is 14.1. The highest BCUT2D eigenvalue weighted by Crippen LogP contribution is 2.35. The first-order valence-electron chi connectivity index (χ1n) is 8.65. The number of benzene rings is 1. The Morgan fingerprint density at radius 2 is 2.07 bits per heavy atom. The lowest BCUT2D eigenvalue weighted by atomic mass is 10.1. The minimum atomic E-state index is -1.13. The van der Waals surface area contributed by atoms with Gasteiger partial charge in [0, 0.05) is 0 Å². The van der Waals surface area contributed by atoms with Crippen molar-refractivity contribution in [3.05, 3.63) is 45.6 Å². The SMILES string of the molecule is CC.Cc1ccc(Nc2sc(C#N)c(C)c2C(=O)NOCC(O)CO)c(F)c1. The third-order valence-corrected chi connectivity index (χ3v) is 4.61. The van der Waals surface area contributed by atoms with Crippen LogP contribution in [0, 0.1) is 31.0 Å². The van der Waals surface area contributed by atoms with Gasteiger partial charge in [-0.05, 0) is 37.1 Å². The van der Waals surface area contributed by atoms with Gasteiger partial charge < -0.3 is 15.5 Å². The third kappa shape index (κ3) is 6.00. The van der Waals surface area contributed by atoms with E-state index in [9.17, 15) is 19.6 Å². The van der Waals surface area contributed by atoms with Crippen LogP contribution in [0.4, 0.5) is 15.1 Å². The zero-order valence-electron chi connectivity index (χ0n) is 16.2. The largest absolute Gasteiger partial charge is 0.394 e. The highest BCUT2D eigenvalue weighted by Gasteiger charge is 2.22. The molecule has 0 fully saturated rings. The second-order valence-corrected chi connectivity index (χ2v) is 6.58. The third-order valence-electron chi connectivity index (χ3n) is 3.50. The molecule has 0 aliphatic heterocycles. The van der Waals surface area contributed by atoms with E-state index in [1.165, 1.54) is 6.07 Å². The Morgan fingerprint density at radius 3 is 2.64 bits per heavy atom. The molecule has 1 amide bonds. The molecular formula is C19H24FN3O4S. The number of amides is 1. The van der Waals surface area contributed by atoms with Gasteiger partial charge in [-0.1, -0.05) is 19.9 Å². The Labute approximate surface area is 167 Å². The minimum Gasteiger partial charge on any atom is -0.394 e. The summed E-state index contributed by atoms with van der Waals surface area (Å²) in [7, 11) is 0. The number of aliphatic hydroxyl groups excluding tert-OH is 2. The molecule has 0 spiro atoms. The highest BCUT2D eigenvalue weighted by atomic mass is 32.1. The average Bonchev–Trinajstić information content (AvgIpc) is 3.00. The van der Waals surface area contributed by atoms with Gasteiger partial charge in [0.1, 0.15) is 34.5 Å². The zero-order chi connectivity index (χ0) is 21.3. The summed E-state index contributed by atoms with van der Waals surface area (Å²) in [6, 6.07) is 6.61. The minimum absolute atomic E-state index is 0.144. The van der Waals surface area contributed by atoms with Crippen molar-refractivity contribution in [2.75, 3.05) is 18.5 Å². The first kappa shape index (κ1) is 23.5. The molecular weight excluding hydrogens is 385 g/mol. The van der Waals surface area contributed by atoms with Crippen LogP contribution >= 0.6 is 11.3 Å². The van der Waals surface area contributed by atoms with E-state index in [0.29, 0.717) is 15.4 Å². The van der Waals surface area contributed by atoms with E-state index in [0.717, 1.165) is 16.9 Å². The Bertz CT molecular complexity index is 848. The van der Waals surface area contributed by atoms with E-state index >= 15 is 0 Å². The molecule has 0 radical (unpaired) electrons. The molecule has 9 heteroatoms. The first-order chi connectivity index (χ1) is 13.4. The van der Waals surface area contributed by atoms with Gasteiger partial charge in [0.05, 0.1) is 17.9 Å². The molecule has 0 saturated carbocycles. The number of halogens is 1. The van der Waals surface area contributed by atoms with Crippen molar-refractivity contribution in [2.24, 2.45) is 0 Å². The molecule has 0 aliphatic rings. The van der Waals surface area contributed by atoms with Crippen LogP contribution in [0.15, 0.2) is 18.2 Å². The van der Waals surface area contributed by atoms with E-state index < -0.39 is 24.4 Å². The Kier molecular flexibility index (Phi) is 9.55. The van der Waals surface area contributed by atoms with E-state index in [1.54, 1.807) is 26.0 Å². The number of hydrogen-bond donors (Lipinski definition) is 4. The number of carbonyl (C=O) groups is 1. The summed E-state index contributed by atoms with van der Waals surface area (Å²) in [4.78, 5) is 17.6. The number of nitrogens with one attached hydrogen (secondary N) is 2. The summed E-state index contributed by atoms with van der Waals surface area (Å²) in [5.74, 6) is -1.14. The standard InChI is InChI=1S/C17H18FN3O4S.C2H6/c1-9-3-4-13(12(18)5-9)20-17-15(10(2)14(6-19)26-17)16(24)21-25-8-11(23)7-22;1-2/h3-5,11,20,22-23H,7-8H2,1-2H3,(H,21,24);1-2H3. The number of anilines is 2. The van der Waals surface area contributed by atoms with Gasteiger partial charge in [0.2, 0.25) is 0 Å². The van der Waals surface area contributed by atoms with E-state index in [4.69, 9.17) is 9.94 Å². The molecule has 1 aromatic carbocycles. The van der Waals surface area contributed by atoms with Gasteiger partial charge in [-0.15, -0.1) is 11.3 Å². The van der Waals surface area contributed by atoms with E-state index in [-0.39, 0.29) is 17.9 Å². The number of aryl methyl sites for hydroxylation is 1. The van der Waals surface area contributed by atoms with Gasteiger partial charge >= 0.3 is 0 Å². The summed E-state index contributed by atoms with van der Waals surface area (Å²) in [6.45, 7) is 6.55. The molecule has 4 N–H and O–H groups in total. The highest BCUT2D eigenvalue weighted by molar-refractivity contribution is 7.17. The summed E-state index contributed by atoms with van der Waals surface area (Å²) in [6.07, 6.45) is -1.13. The van der Waals surface area contributed by atoms with Crippen LogP contribution in [-0.2, 0) is 4.84 Å². The van der Waals surface area contributed by atoms with Gasteiger partial charge in [0.25, 0.3) is 5.91 Å². The van der Waals surface area contributed by atoms with Crippen LogP contribution in [0.5, 0.6) is 0 Å². The van der Waals surface area contributed by atoms with Crippen LogP contribution in [0.2, 0.25) is 0 Å². The molecule has 0 bridgehead atoms. The zero-order valence-corrected chi connectivity index (χ0v) is 17.0. The fraction of sp³-hybridized carbons (Fsp3) is 0.368. The van der Waals surface area contributed by atoms with Gasteiger partial charge in [0.15, 0.2) is 0 Å². The van der Waals surface area contributed by atoms with Crippen molar-refractivity contribution >= 4 is 27.9 Å². The van der Waals surface area contributed by atoms with Gasteiger partial charge in [-0.2, -0.15) is 5.26 Å². The number of nitriles is 1. The van der Waals surface area contributed by atoms with Crippen molar-refractivity contribution in [1.29, 1.82) is 5.26 Å². The predicted octanol–water partition coefficient (Wildman–Crippen LogP) is 3.16. The maximum absolute atomic E-state index is 14.1. The van der Waals surface area contributed by atoms with E-state index in [1.807, 2.05) is 19.9 Å². The Morgan fingerprint density at radius 1 is 1.39 bits per heavy atom. The Balaban J connectivity index is 0.00000190. The molecule has 1 aromatic heterocycles. The topological polar surface area (TPSA) is 115 Å². The maximum Gasteiger partial charge on any atom is 0.278 e. The lowest BCUT2D eigenvalue weighted by molar-refractivity contribution is -0.0295. The first-order valence-corrected chi connectivity index (χ1v) is 9.46. The van der Waals surface area contributed by atoms with Crippen LogP contribution < -0.4 is 10.8 Å². The van der Waals surface area contributed by atoms with Crippen molar-refractivity contribution in [3.63, 3.8) is 0 Å².